The summed E-state index contributed by atoms with van der Waals surface area (Å²) in [6.07, 6.45) is 5.42. The Labute approximate surface area is 719 Å². The number of para-hydroxylation sites is 6. The van der Waals surface area contributed by atoms with Crippen LogP contribution in [0.5, 0.6) is 0 Å². The maximum Gasteiger partial charge on any atom is 0.273 e. The van der Waals surface area contributed by atoms with Gasteiger partial charge in [-0.15, -0.1) is 22.9 Å². The van der Waals surface area contributed by atoms with E-state index in [9.17, 15) is 40.5 Å². The molecule has 0 saturated heterocycles. The molecule has 8 aromatic carbocycles. The Morgan fingerprint density at radius 1 is 0.475 bits per heavy atom. The lowest BCUT2D eigenvalue weighted by Gasteiger charge is -2.12. The van der Waals surface area contributed by atoms with E-state index >= 15 is 0 Å². The van der Waals surface area contributed by atoms with Crippen LogP contribution in [0.25, 0.3) is 37.0 Å². The van der Waals surface area contributed by atoms with Crippen molar-refractivity contribution >= 4 is 71.7 Å². The van der Waals surface area contributed by atoms with Crippen LogP contribution in [-0.2, 0) is 57.2 Å². The molecule has 0 aliphatic carbocycles. The number of rotatable bonds is 16. The number of halogens is 2. The number of nitrogens with two attached hydrogens (primary N) is 2. The van der Waals surface area contributed by atoms with Gasteiger partial charge in [-0.05, 0) is 111 Å². The van der Waals surface area contributed by atoms with Crippen LogP contribution in [0.15, 0.2) is 209 Å². The van der Waals surface area contributed by atoms with Crippen molar-refractivity contribution in [3.05, 3.63) is 322 Å². The third-order valence-corrected chi connectivity index (χ3v) is 15.0. The summed E-state index contributed by atoms with van der Waals surface area (Å²) < 4.78 is 1.97. The number of azide groups is 3. The van der Waals surface area contributed by atoms with Crippen molar-refractivity contribution in [1.82, 2.24) is 19.9 Å². The highest BCUT2D eigenvalue weighted by Crippen LogP contribution is 2.26. The Morgan fingerprint density at radius 2 is 0.839 bits per heavy atom. The molecule has 0 spiro atoms. The molecule has 0 fully saturated rings. The number of hydrogen-bond acceptors (Lipinski definition) is 16. The maximum absolute atomic E-state index is 10.5. The van der Waals surface area contributed by atoms with Crippen molar-refractivity contribution < 1.29 is 19.7 Å². The Balaban J connectivity index is -0.000000232. The molecule has 1 aromatic heterocycles. The number of nitro benzene ring substituents is 4. The van der Waals surface area contributed by atoms with E-state index in [-0.39, 0.29) is 45.7 Å². The van der Waals surface area contributed by atoms with Crippen molar-refractivity contribution in [3.63, 3.8) is 0 Å². The van der Waals surface area contributed by atoms with Crippen LogP contribution in [0.4, 0.5) is 39.8 Å². The van der Waals surface area contributed by atoms with Gasteiger partial charge in [-0.3, -0.25) is 45.4 Å². The number of hydrogen-bond donors (Lipinski definition) is 2. The molecule has 0 amide bonds. The minimum absolute atomic E-state index is 0.00759. The number of nitro groups is 4. The van der Waals surface area contributed by atoms with Gasteiger partial charge in [0.15, 0.2) is 0 Å². The summed E-state index contributed by atoms with van der Waals surface area (Å²) in [5, 5.41) is 61.7. The highest BCUT2D eigenvalue weighted by Gasteiger charge is 2.20. The van der Waals surface area contributed by atoms with Crippen LogP contribution >= 0.6 is 31.9 Å². The van der Waals surface area contributed by atoms with Crippen molar-refractivity contribution in [2.45, 2.75) is 222 Å². The van der Waals surface area contributed by atoms with Gasteiger partial charge < -0.3 is 11.5 Å². The molecule has 9 aromatic rings. The van der Waals surface area contributed by atoms with E-state index in [0.29, 0.717) is 28.4 Å². The van der Waals surface area contributed by atoms with Crippen LogP contribution < -0.4 is 11.5 Å². The van der Waals surface area contributed by atoms with E-state index in [0.717, 1.165) is 95.7 Å². The van der Waals surface area contributed by atoms with Crippen LogP contribution in [0.2, 0.25) is 0 Å². The smallest absolute Gasteiger partial charge is 0.273 e. The number of nitrogens with zero attached hydrogens (tertiary/aromatic N) is 17. The molecule has 4 N–H and O–H groups in total. The molecule has 0 unspecified atom stereocenters. The first kappa shape index (κ1) is 119. The summed E-state index contributed by atoms with van der Waals surface area (Å²) in [4.78, 5) is 50.3. The Bertz CT molecular complexity index is 4200. The molecule has 10 rings (SSSR count). The minimum atomic E-state index is -0.498. The fourth-order valence-corrected chi connectivity index (χ4v) is 9.78. The van der Waals surface area contributed by atoms with Gasteiger partial charge in [0.1, 0.15) is 0 Å². The first-order valence-corrected chi connectivity index (χ1v) is 41.8. The van der Waals surface area contributed by atoms with E-state index in [4.69, 9.17) is 28.1 Å². The first-order chi connectivity index (χ1) is 57.3. The predicted octanol–water partition coefficient (Wildman–Crippen LogP) is 28.2. The highest BCUT2D eigenvalue weighted by molar-refractivity contribution is 9.09. The zero-order valence-corrected chi connectivity index (χ0v) is 76.9. The standard InChI is InChI=1S/C12H14N4.C12H13N3.C8H9N3.C8H9NO2.C8H11N.C7H6BrNO2.C7H6N4O2.C7H8N2O2.C4H5Br.8C2H6/c1-9-12-8-15(2)7-10-5-3-4-6-11(10)16(12)14-13-9;1-2-3-4-5-8-11-9-6-7-10-12(11)14-15-13;1-2-7-5-3-4-6-8(7)10-11-9;1-2-7-5-3-4-6-8(7)9(10)11;1-2-7-5-3-4-6-8(7)9;8-5-6-3-1-2-4-7(6)9(10)11;8-10-9-5-6-3-1-2-4-7(6)11(12)13;8-5-6-3-1-2-4-7(6)9(10)11;1-2-3-4-5;8*1-2/h3-6H,7-8H2,1-2H3;6-7,9-10H,4-5,8H2,1H3;2*3-6H,2H2,1H3;3-6H,2,9H2,1H3;1-4H,5H2;1-4H,5H2;1-4H,5,8H2;4H2,1H3;8*1-2H3. The molecular weight excluding hydrogens is 1620 g/mol. The van der Waals surface area contributed by atoms with Crippen LogP contribution in [0.1, 0.15) is 214 Å². The summed E-state index contributed by atoms with van der Waals surface area (Å²) in [5.74, 6) is 11.4. The van der Waals surface area contributed by atoms with Gasteiger partial charge in [-0.2, -0.15) is 0 Å². The molecule has 1 aliphatic rings. The highest BCUT2D eigenvalue weighted by atomic mass is 79.9. The van der Waals surface area contributed by atoms with Gasteiger partial charge in [-0.25, -0.2) is 4.68 Å². The SMILES string of the molecule is CC.CC.CC.CC.CC.CC.CC.CC.CC#CCBr.CC#CCCCc1ccccc1N=[N+]=[N-].CCc1ccccc1N.CCc1ccccc1N=[N+]=[N-].CCc1ccccc1[N+](=O)[O-].Cc1nnn2c1CN(C)Cc1ccccc1-2.NCc1ccccc1[N+](=O)[O-].O=[N+]([O-])c1ccccc1CBr.[N-]=[N+]=NCc1ccccc1[N+](=O)[O-]. The second-order valence-electron chi connectivity index (χ2n) is 20.8. The van der Waals surface area contributed by atoms with Crippen molar-refractivity contribution in [1.29, 1.82) is 0 Å². The number of alkyl halides is 2. The lowest BCUT2D eigenvalue weighted by Crippen LogP contribution is -2.16. The number of anilines is 1. The molecular formula is C89H129Br2N19O8. The van der Waals surface area contributed by atoms with E-state index < -0.39 is 9.85 Å². The van der Waals surface area contributed by atoms with Gasteiger partial charge in [-0.1, -0.05) is 348 Å². The fraction of sp³-hybridized carbons (Fsp3) is 0.393. The number of unbranched alkanes of at least 4 members (excludes halogenated alkanes) is 1. The molecule has 0 saturated carbocycles. The fourth-order valence-electron chi connectivity index (χ4n) is 9.03. The number of fused-ring (bicyclic) bond motifs is 3. The van der Waals surface area contributed by atoms with Gasteiger partial charge in [0.05, 0.1) is 48.6 Å². The normalized spacial score (nSPS) is 9.00. The second-order valence-corrected chi connectivity index (χ2v) is 22.0. The molecule has 0 atom stereocenters. The molecule has 118 heavy (non-hydrogen) atoms. The Kier molecular flexibility index (Phi) is 85.7. The number of nitrogen functional groups attached to an aromatic ring is 1. The number of aromatic nitrogens is 3. The van der Waals surface area contributed by atoms with E-state index in [2.05, 4.69) is 139 Å². The maximum atomic E-state index is 10.5. The van der Waals surface area contributed by atoms with E-state index in [1.807, 2.05) is 229 Å². The van der Waals surface area contributed by atoms with Crippen LogP contribution in [0, 0.1) is 71.1 Å². The summed E-state index contributed by atoms with van der Waals surface area (Å²) in [7, 11) is 2.12. The first-order valence-electron chi connectivity index (χ1n) is 39.6. The van der Waals surface area contributed by atoms with Crippen LogP contribution in [0.3, 0.4) is 0 Å². The lowest BCUT2D eigenvalue weighted by atomic mass is 10.1. The van der Waals surface area contributed by atoms with Gasteiger partial charge in [0.2, 0.25) is 0 Å². The second kappa shape index (κ2) is 84.6. The van der Waals surface area contributed by atoms with Crippen molar-refractivity contribution in [2.75, 3.05) is 18.1 Å². The van der Waals surface area contributed by atoms with E-state index in [1.54, 1.807) is 66.7 Å². The average Bonchev–Trinajstić information content (AvgIpc) is 1.67. The molecule has 1 aliphatic heterocycles. The summed E-state index contributed by atoms with van der Waals surface area (Å²) >= 11 is 6.31. The largest absolute Gasteiger partial charge is 0.399 e. The quantitative estimate of drug-likeness (QED) is 0.0105. The topological polar surface area (TPSA) is 405 Å². The number of benzene rings is 8. The lowest BCUT2D eigenvalue weighted by molar-refractivity contribution is -0.385. The third kappa shape index (κ3) is 52.7. The minimum Gasteiger partial charge on any atom is -0.399 e. The van der Waals surface area contributed by atoms with Gasteiger partial charge >= 0.3 is 0 Å². The Morgan fingerprint density at radius 3 is 1.21 bits per heavy atom. The summed E-state index contributed by atoms with van der Waals surface area (Å²) in [6, 6.07) is 57.6. The summed E-state index contributed by atoms with van der Waals surface area (Å²) in [5.41, 5.74) is 48.9. The summed E-state index contributed by atoms with van der Waals surface area (Å²) in [6.45, 7) is 45.8. The van der Waals surface area contributed by atoms with Crippen LogP contribution in [-0.4, -0.2) is 52.0 Å². The Hall–Kier alpha value is -11.8. The monoisotopic (exact) mass is 1750 g/mol. The van der Waals surface area contributed by atoms with Crippen molar-refractivity contribution in [3.8, 4) is 29.4 Å². The molecule has 29 heteroatoms. The van der Waals surface area contributed by atoms with E-state index in [1.165, 1.54) is 41.1 Å². The zero-order valence-electron chi connectivity index (χ0n) is 73.7. The predicted molar refractivity (Wildman–Crippen MR) is 501 cm³/mol. The molecule has 0 bridgehead atoms. The third-order valence-electron chi connectivity index (χ3n) is 14.1. The number of aryl methyl sites for hydroxylation is 5. The van der Waals surface area contributed by atoms with Gasteiger partial charge in [0, 0.05) is 110 Å². The average molecular weight is 1750 g/mol. The molecule has 642 valence electrons. The zero-order chi connectivity index (χ0) is 91.5. The molecule has 0 radical (unpaired) electrons. The molecule has 27 nitrogen and oxygen atoms in total. The van der Waals surface area contributed by atoms with Gasteiger partial charge in [0.25, 0.3) is 22.7 Å². The molecule has 2 heterocycles. The van der Waals surface area contributed by atoms with Crippen molar-refractivity contribution in [2.24, 2.45) is 21.1 Å².